The first-order valence-electron chi connectivity index (χ1n) is 11.1. The molecule has 1 aromatic heterocycles. The van der Waals surface area contributed by atoms with Crippen LogP contribution >= 0.6 is 11.8 Å². The van der Waals surface area contributed by atoms with Crippen molar-refractivity contribution < 1.29 is 14.3 Å². The largest absolute Gasteiger partial charge is 0.463 e. The predicted molar refractivity (Wildman–Crippen MR) is 131 cm³/mol. The molecule has 1 aliphatic rings. The molecule has 2 aromatic carbocycles. The Morgan fingerprint density at radius 1 is 1.09 bits per heavy atom. The number of hydrogen-bond acceptors (Lipinski definition) is 6. The number of aromatic nitrogens is 2. The SMILES string of the molecule is CCOC(=O)C1=C(CSc2nc3ccccc3c(=O)n2C)N(CC)C(=O)NC1c1ccccc1. The van der Waals surface area contributed by atoms with E-state index in [0.29, 0.717) is 33.9 Å². The van der Waals surface area contributed by atoms with Crippen LogP contribution in [0, 0.1) is 0 Å². The Morgan fingerprint density at radius 3 is 2.50 bits per heavy atom. The average Bonchev–Trinajstić information content (AvgIpc) is 2.85. The molecule has 1 atom stereocenters. The molecule has 4 rings (SSSR count). The first kappa shape index (κ1) is 23.6. The van der Waals surface area contributed by atoms with Gasteiger partial charge in [-0.05, 0) is 31.5 Å². The van der Waals surface area contributed by atoms with Gasteiger partial charge in [0.15, 0.2) is 5.16 Å². The van der Waals surface area contributed by atoms with E-state index in [2.05, 4.69) is 10.3 Å². The first-order chi connectivity index (χ1) is 16.5. The number of amides is 2. The highest BCUT2D eigenvalue weighted by Gasteiger charge is 2.37. The lowest BCUT2D eigenvalue weighted by Crippen LogP contribution is -2.49. The lowest BCUT2D eigenvalue weighted by Gasteiger charge is -2.36. The second-order valence-corrected chi connectivity index (χ2v) is 8.63. The molecule has 0 aliphatic carbocycles. The lowest BCUT2D eigenvalue weighted by molar-refractivity contribution is -0.139. The van der Waals surface area contributed by atoms with E-state index in [-0.39, 0.29) is 24.0 Å². The molecule has 1 N–H and O–H groups in total. The molecule has 176 valence electrons. The first-order valence-corrected chi connectivity index (χ1v) is 12.1. The van der Waals surface area contributed by atoms with Gasteiger partial charge in [0.2, 0.25) is 0 Å². The number of para-hydroxylation sites is 1. The number of nitrogens with zero attached hydrogens (tertiary/aromatic N) is 3. The molecule has 0 radical (unpaired) electrons. The smallest absolute Gasteiger partial charge is 0.338 e. The molecule has 2 heterocycles. The second kappa shape index (κ2) is 10.1. The highest BCUT2D eigenvalue weighted by atomic mass is 32.2. The maximum Gasteiger partial charge on any atom is 0.338 e. The van der Waals surface area contributed by atoms with Crippen LogP contribution in [0.4, 0.5) is 4.79 Å². The Morgan fingerprint density at radius 2 is 1.79 bits per heavy atom. The quantitative estimate of drug-likeness (QED) is 0.317. The van der Waals surface area contributed by atoms with Crippen LogP contribution in [-0.4, -0.2) is 45.4 Å². The van der Waals surface area contributed by atoms with Crippen LogP contribution in [0.25, 0.3) is 10.9 Å². The topological polar surface area (TPSA) is 93.5 Å². The van der Waals surface area contributed by atoms with Gasteiger partial charge in [-0.25, -0.2) is 14.6 Å². The monoisotopic (exact) mass is 478 g/mol. The molecule has 2 amide bonds. The minimum atomic E-state index is -0.639. The fourth-order valence-electron chi connectivity index (χ4n) is 4.00. The molecule has 8 nitrogen and oxygen atoms in total. The zero-order valence-electron chi connectivity index (χ0n) is 19.3. The fourth-order valence-corrected chi connectivity index (χ4v) is 5.01. The van der Waals surface area contributed by atoms with Crippen molar-refractivity contribution in [1.29, 1.82) is 0 Å². The van der Waals surface area contributed by atoms with E-state index in [4.69, 9.17) is 4.74 Å². The average molecular weight is 479 g/mol. The Bertz CT molecular complexity index is 1320. The summed E-state index contributed by atoms with van der Waals surface area (Å²) < 4.78 is 6.88. The van der Waals surface area contributed by atoms with E-state index >= 15 is 0 Å². The Labute approximate surface area is 201 Å². The van der Waals surface area contributed by atoms with Crippen LogP contribution in [0.15, 0.2) is 75.8 Å². The molecule has 3 aromatic rings. The van der Waals surface area contributed by atoms with Crippen molar-refractivity contribution in [1.82, 2.24) is 19.8 Å². The molecule has 9 heteroatoms. The van der Waals surface area contributed by atoms with Crippen LogP contribution in [0.1, 0.15) is 25.5 Å². The maximum absolute atomic E-state index is 13.1. The Balaban J connectivity index is 1.80. The zero-order valence-corrected chi connectivity index (χ0v) is 20.1. The summed E-state index contributed by atoms with van der Waals surface area (Å²) in [4.78, 5) is 45.1. The molecule has 34 heavy (non-hydrogen) atoms. The van der Waals surface area contributed by atoms with Gasteiger partial charge in [0.25, 0.3) is 5.56 Å². The molecule has 1 unspecified atom stereocenters. The molecule has 0 saturated carbocycles. The maximum atomic E-state index is 13.1. The van der Waals surface area contributed by atoms with Crippen LogP contribution in [0.5, 0.6) is 0 Å². The van der Waals surface area contributed by atoms with Gasteiger partial charge in [-0.15, -0.1) is 0 Å². The number of esters is 1. The summed E-state index contributed by atoms with van der Waals surface area (Å²) >= 11 is 1.30. The molecule has 0 spiro atoms. The minimum absolute atomic E-state index is 0.149. The summed E-state index contributed by atoms with van der Waals surface area (Å²) in [5, 5.41) is 3.98. The molecule has 1 aliphatic heterocycles. The number of benzene rings is 2. The third-order valence-corrected chi connectivity index (χ3v) is 6.70. The van der Waals surface area contributed by atoms with Crippen LogP contribution in [0.3, 0.4) is 0 Å². The Hall–Kier alpha value is -3.59. The van der Waals surface area contributed by atoms with Gasteiger partial charge in [-0.3, -0.25) is 14.3 Å². The number of fused-ring (bicyclic) bond motifs is 1. The van der Waals surface area contributed by atoms with Gasteiger partial charge in [0, 0.05) is 25.0 Å². The van der Waals surface area contributed by atoms with E-state index in [0.717, 1.165) is 5.56 Å². The summed E-state index contributed by atoms with van der Waals surface area (Å²) in [7, 11) is 1.67. The van der Waals surface area contributed by atoms with E-state index in [1.807, 2.05) is 43.3 Å². The third kappa shape index (κ3) is 4.43. The van der Waals surface area contributed by atoms with Crippen LogP contribution in [-0.2, 0) is 16.6 Å². The number of rotatable bonds is 7. The van der Waals surface area contributed by atoms with Crippen molar-refractivity contribution in [2.45, 2.75) is 25.0 Å². The van der Waals surface area contributed by atoms with E-state index < -0.39 is 12.0 Å². The van der Waals surface area contributed by atoms with E-state index in [1.165, 1.54) is 21.2 Å². The second-order valence-electron chi connectivity index (χ2n) is 7.68. The molecular weight excluding hydrogens is 452 g/mol. The number of hydrogen-bond donors (Lipinski definition) is 1. The number of carbonyl (C=O) groups excluding carboxylic acids is 2. The van der Waals surface area contributed by atoms with Gasteiger partial charge in [-0.1, -0.05) is 54.2 Å². The zero-order chi connectivity index (χ0) is 24.2. The van der Waals surface area contributed by atoms with Crippen molar-refractivity contribution in [3.8, 4) is 0 Å². The van der Waals surface area contributed by atoms with Crippen LogP contribution in [0.2, 0.25) is 0 Å². The van der Waals surface area contributed by atoms with Crippen LogP contribution < -0.4 is 10.9 Å². The Kier molecular flexibility index (Phi) is 7.02. The van der Waals surface area contributed by atoms with E-state index in [9.17, 15) is 14.4 Å². The summed E-state index contributed by atoms with van der Waals surface area (Å²) in [5.74, 6) is -0.220. The fraction of sp³-hybridized carbons (Fsp3) is 0.280. The van der Waals surface area contributed by atoms with Crippen molar-refractivity contribution in [3.05, 3.63) is 81.8 Å². The van der Waals surface area contributed by atoms with Crippen molar-refractivity contribution in [2.24, 2.45) is 7.05 Å². The normalized spacial score (nSPS) is 16.0. The number of carbonyl (C=O) groups is 2. The minimum Gasteiger partial charge on any atom is -0.463 e. The van der Waals surface area contributed by atoms with E-state index in [1.54, 1.807) is 32.2 Å². The highest BCUT2D eigenvalue weighted by Crippen LogP contribution is 2.34. The van der Waals surface area contributed by atoms with Gasteiger partial charge >= 0.3 is 12.0 Å². The van der Waals surface area contributed by atoms with Gasteiger partial charge in [0.1, 0.15) is 0 Å². The number of thioether (sulfide) groups is 1. The number of nitrogens with one attached hydrogen (secondary N) is 1. The van der Waals surface area contributed by atoms with Crippen molar-refractivity contribution >= 4 is 34.7 Å². The summed E-state index contributed by atoms with van der Waals surface area (Å²) in [5.41, 5.74) is 2.17. The summed E-state index contributed by atoms with van der Waals surface area (Å²) in [6.45, 7) is 4.18. The third-order valence-electron chi connectivity index (χ3n) is 5.66. The lowest BCUT2D eigenvalue weighted by atomic mass is 9.95. The van der Waals surface area contributed by atoms with Gasteiger partial charge in [0.05, 0.1) is 29.1 Å². The van der Waals surface area contributed by atoms with Gasteiger partial charge < -0.3 is 10.1 Å². The standard InChI is InChI=1S/C25H26N4O4S/c1-4-29-19(15-34-25-26-18-14-10-9-13-17(18)22(30)28(25)3)20(23(31)33-5-2)21(27-24(29)32)16-11-7-6-8-12-16/h6-14,21H,4-5,15H2,1-3H3,(H,27,32). The molecule has 0 saturated heterocycles. The molecular formula is C25H26N4O4S. The van der Waals surface area contributed by atoms with Crippen molar-refractivity contribution in [2.75, 3.05) is 18.9 Å². The molecule has 0 bridgehead atoms. The highest BCUT2D eigenvalue weighted by molar-refractivity contribution is 7.99. The van der Waals surface area contributed by atoms with Crippen molar-refractivity contribution in [3.63, 3.8) is 0 Å². The molecule has 0 fully saturated rings. The summed E-state index contributed by atoms with van der Waals surface area (Å²) in [6.07, 6.45) is 0. The summed E-state index contributed by atoms with van der Waals surface area (Å²) in [6, 6.07) is 15.6. The predicted octanol–water partition coefficient (Wildman–Crippen LogP) is 3.63. The number of urea groups is 1. The number of ether oxygens (including phenoxy) is 1. The van der Waals surface area contributed by atoms with Gasteiger partial charge in [-0.2, -0.15) is 0 Å².